The number of aromatic nitrogens is 1. The molecule has 0 bridgehead atoms. The summed E-state index contributed by atoms with van der Waals surface area (Å²) in [6.07, 6.45) is 0.0652. The van der Waals surface area contributed by atoms with Gasteiger partial charge in [0.2, 0.25) is 0 Å². The number of aryl methyl sites for hydroxylation is 2. The molecule has 1 N–H and O–H groups in total. The van der Waals surface area contributed by atoms with Crippen molar-refractivity contribution in [3.05, 3.63) is 49.9 Å². The molecule has 0 fully saturated rings. The minimum atomic E-state index is -0.505. The van der Waals surface area contributed by atoms with Crippen molar-refractivity contribution in [3.63, 3.8) is 0 Å². The Morgan fingerprint density at radius 1 is 1.41 bits per heavy atom. The molecule has 0 aliphatic heterocycles. The topological polar surface area (TPSA) is 33.1 Å². The van der Waals surface area contributed by atoms with Gasteiger partial charge in [0.15, 0.2) is 0 Å². The van der Waals surface area contributed by atoms with Crippen LogP contribution in [0.5, 0.6) is 0 Å². The lowest BCUT2D eigenvalue weighted by atomic mass is 10.0. The van der Waals surface area contributed by atoms with E-state index in [1.807, 2.05) is 37.4 Å². The van der Waals surface area contributed by atoms with Crippen molar-refractivity contribution in [2.75, 3.05) is 0 Å². The summed E-state index contributed by atoms with van der Waals surface area (Å²) in [6, 6.07) is 6.00. The van der Waals surface area contributed by atoms with Crippen LogP contribution in [0, 0.1) is 13.8 Å². The van der Waals surface area contributed by atoms with Crippen LogP contribution in [0.1, 0.15) is 27.9 Å². The van der Waals surface area contributed by atoms with Crippen molar-refractivity contribution in [1.82, 2.24) is 4.98 Å². The molecule has 1 unspecified atom stereocenters. The van der Waals surface area contributed by atoms with Crippen LogP contribution in [-0.4, -0.2) is 10.1 Å². The quantitative estimate of drug-likeness (QED) is 0.935. The summed E-state index contributed by atoms with van der Waals surface area (Å²) in [5, 5.41) is 13.2. The van der Waals surface area contributed by atoms with E-state index in [1.54, 1.807) is 11.3 Å². The number of hydrogen-bond acceptors (Lipinski definition) is 3. The van der Waals surface area contributed by atoms with Crippen LogP contribution in [0.25, 0.3) is 0 Å². The van der Waals surface area contributed by atoms with Gasteiger partial charge in [0, 0.05) is 22.0 Å². The van der Waals surface area contributed by atoms with Crippen molar-refractivity contribution >= 4 is 27.3 Å². The van der Waals surface area contributed by atoms with Gasteiger partial charge in [-0.05, 0) is 25.5 Å². The van der Waals surface area contributed by atoms with Crippen LogP contribution in [0.4, 0.5) is 0 Å². The van der Waals surface area contributed by atoms with Crippen LogP contribution in [0.2, 0.25) is 0 Å². The van der Waals surface area contributed by atoms with E-state index < -0.39 is 6.10 Å². The van der Waals surface area contributed by atoms with Crippen molar-refractivity contribution in [3.8, 4) is 0 Å². The van der Waals surface area contributed by atoms with Crippen molar-refractivity contribution in [2.24, 2.45) is 0 Å². The van der Waals surface area contributed by atoms with Crippen molar-refractivity contribution in [1.29, 1.82) is 0 Å². The third kappa shape index (κ3) is 3.15. The van der Waals surface area contributed by atoms with Crippen molar-refractivity contribution < 1.29 is 5.11 Å². The van der Waals surface area contributed by atoms with Gasteiger partial charge < -0.3 is 5.11 Å². The molecule has 4 heteroatoms. The molecular formula is C13H14BrNOS. The van der Waals surface area contributed by atoms with E-state index in [1.165, 1.54) is 0 Å². The minimum Gasteiger partial charge on any atom is -0.388 e. The lowest BCUT2D eigenvalue weighted by molar-refractivity contribution is 0.177. The molecule has 0 spiro atoms. The number of aliphatic hydroxyl groups is 1. The van der Waals surface area contributed by atoms with Crippen LogP contribution in [0.3, 0.4) is 0 Å². The number of benzene rings is 1. The summed E-state index contributed by atoms with van der Waals surface area (Å²) < 4.78 is 0.948. The van der Waals surface area contributed by atoms with Gasteiger partial charge in [-0.25, -0.2) is 4.98 Å². The van der Waals surface area contributed by atoms with Crippen molar-refractivity contribution in [2.45, 2.75) is 26.4 Å². The molecule has 1 aromatic carbocycles. The van der Waals surface area contributed by atoms with E-state index in [-0.39, 0.29) is 0 Å². The van der Waals surface area contributed by atoms with E-state index in [2.05, 4.69) is 20.9 Å². The largest absolute Gasteiger partial charge is 0.388 e. The van der Waals surface area contributed by atoms with Gasteiger partial charge in [-0.3, -0.25) is 0 Å². The zero-order valence-electron chi connectivity index (χ0n) is 9.77. The van der Waals surface area contributed by atoms with E-state index in [9.17, 15) is 5.11 Å². The van der Waals surface area contributed by atoms with E-state index in [4.69, 9.17) is 0 Å². The first-order valence-corrected chi connectivity index (χ1v) is 7.08. The Kier molecular flexibility index (Phi) is 3.97. The van der Waals surface area contributed by atoms with Gasteiger partial charge in [-0.2, -0.15) is 0 Å². The summed E-state index contributed by atoms with van der Waals surface area (Å²) >= 11 is 5.07. The standard InChI is InChI=1S/C13H14BrNOS/c1-8-3-4-11(14)10(5-8)12(16)6-13-15-9(2)7-17-13/h3-5,7,12,16H,6H2,1-2H3. The fourth-order valence-corrected chi connectivity index (χ4v) is 3.01. The van der Waals surface area contributed by atoms with Gasteiger partial charge in [0.05, 0.1) is 11.1 Å². The molecule has 1 heterocycles. The molecule has 1 atom stereocenters. The average Bonchev–Trinajstić information content (AvgIpc) is 2.67. The molecule has 17 heavy (non-hydrogen) atoms. The highest BCUT2D eigenvalue weighted by Gasteiger charge is 2.14. The third-order valence-electron chi connectivity index (χ3n) is 2.55. The molecule has 90 valence electrons. The summed E-state index contributed by atoms with van der Waals surface area (Å²) in [6.45, 7) is 3.99. The fourth-order valence-electron chi connectivity index (χ4n) is 1.69. The van der Waals surface area contributed by atoms with Gasteiger partial charge in [0.1, 0.15) is 0 Å². The van der Waals surface area contributed by atoms with Gasteiger partial charge in [-0.1, -0.05) is 33.6 Å². The maximum atomic E-state index is 10.2. The summed E-state index contributed by atoms with van der Waals surface area (Å²) in [5.74, 6) is 0. The Bertz CT molecular complexity index is 524. The van der Waals surface area contributed by atoms with Crippen LogP contribution >= 0.6 is 27.3 Å². The first kappa shape index (κ1) is 12.7. The first-order valence-electron chi connectivity index (χ1n) is 5.41. The molecule has 0 aliphatic carbocycles. The number of rotatable bonds is 3. The smallest absolute Gasteiger partial charge is 0.0957 e. The normalized spacial score (nSPS) is 12.7. The van der Waals surface area contributed by atoms with Crippen LogP contribution in [-0.2, 0) is 6.42 Å². The monoisotopic (exact) mass is 311 g/mol. The van der Waals surface area contributed by atoms with Crippen LogP contribution in [0.15, 0.2) is 28.1 Å². The molecule has 2 rings (SSSR count). The summed E-state index contributed by atoms with van der Waals surface area (Å²) in [5.41, 5.74) is 3.09. The summed E-state index contributed by atoms with van der Waals surface area (Å²) in [7, 11) is 0. The molecule has 2 nitrogen and oxygen atoms in total. The highest BCUT2D eigenvalue weighted by atomic mass is 79.9. The van der Waals surface area contributed by atoms with Crippen LogP contribution < -0.4 is 0 Å². The molecule has 1 aromatic heterocycles. The lowest BCUT2D eigenvalue weighted by Crippen LogP contribution is -2.03. The number of aliphatic hydroxyl groups excluding tert-OH is 1. The zero-order valence-corrected chi connectivity index (χ0v) is 12.2. The Morgan fingerprint density at radius 3 is 2.82 bits per heavy atom. The number of thiazole rings is 1. The predicted molar refractivity (Wildman–Crippen MR) is 74.4 cm³/mol. The second-order valence-electron chi connectivity index (χ2n) is 4.13. The molecule has 0 saturated heterocycles. The average molecular weight is 312 g/mol. The number of hydrogen-bond donors (Lipinski definition) is 1. The second kappa shape index (κ2) is 5.29. The molecule has 0 radical (unpaired) electrons. The Morgan fingerprint density at radius 2 is 2.18 bits per heavy atom. The van der Waals surface area contributed by atoms with E-state index in [0.29, 0.717) is 6.42 Å². The van der Waals surface area contributed by atoms with Gasteiger partial charge >= 0.3 is 0 Å². The molecule has 0 saturated carbocycles. The van der Waals surface area contributed by atoms with Gasteiger partial charge in [-0.15, -0.1) is 11.3 Å². The predicted octanol–water partition coefficient (Wildman–Crippen LogP) is 3.80. The Balaban J connectivity index is 2.19. The molecule has 0 aliphatic rings. The zero-order chi connectivity index (χ0) is 12.4. The summed E-state index contributed by atoms with van der Waals surface area (Å²) in [4.78, 5) is 4.37. The molecular weight excluding hydrogens is 298 g/mol. The maximum absolute atomic E-state index is 10.2. The molecule has 0 amide bonds. The Hall–Kier alpha value is -0.710. The number of halogens is 1. The SMILES string of the molecule is Cc1ccc(Br)c(C(O)Cc2nc(C)cs2)c1. The first-order chi connectivity index (χ1) is 8.06. The maximum Gasteiger partial charge on any atom is 0.0957 e. The van der Waals surface area contributed by atoms with E-state index in [0.717, 1.165) is 26.3 Å². The van der Waals surface area contributed by atoms with Gasteiger partial charge in [0.25, 0.3) is 0 Å². The second-order valence-corrected chi connectivity index (χ2v) is 5.92. The minimum absolute atomic E-state index is 0.505. The Labute approximate surface area is 113 Å². The highest BCUT2D eigenvalue weighted by Crippen LogP contribution is 2.27. The lowest BCUT2D eigenvalue weighted by Gasteiger charge is -2.12. The third-order valence-corrected chi connectivity index (χ3v) is 4.26. The molecule has 2 aromatic rings. The van der Waals surface area contributed by atoms with E-state index >= 15 is 0 Å². The fraction of sp³-hybridized carbons (Fsp3) is 0.308. The highest BCUT2D eigenvalue weighted by molar-refractivity contribution is 9.10. The number of nitrogens with zero attached hydrogens (tertiary/aromatic N) is 1.